The standard InChI is InChI=1S/C14H16ClN3O2/c15-13-7-12-10(8-16-13)9-17-18(12)11-1-3-14(4-2-11)19-5-6-20-14/h7-9,11H,1-6H2. The number of nitrogens with zero attached hydrogens (tertiary/aromatic N) is 3. The number of aromatic nitrogens is 3. The number of fused-ring (bicyclic) bond motifs is 1. The fourth-order valence-corrected chi connectivity index (χ4v) is 3.43. The lowest BCUT2D eigenvalue weighted by atomic mass is 9.90. The molecule has 0 radical (unpaired) electrons. The van der Waals surface area contributed by atoms with Crippen LogP contribution in [0, 0.1) is 0 Å². The number of hydrogen-bond acceptors (Lipinski definition) is 4. The zero-order valence-electron chi connectivity index (χ0n) is 11.1. The van der Waals surface area contributed by atoms with E-state index in [-0.39, 0.29) is 5.79 Å². The van der Waals surface area contributed by atoms with E-state index < -0.39 is 0 Å². The highest BCUT2D eigenvalue weighted by atomic mass is 35.5. The molecule has 3 heterocycles. The monoisotopic (exact) mass is 293 g/mol. The average molecular weight is 294 g/mol. The maximum absolute atomic E-state index is 5.99. The van der Waals surface area contributed by atoms with Crippen molar-refractivity contribution in [2.75, 3.05) is 13.2 Å². The Morgan fingerprint density at radius 3 is 2.70 bits per heavy atom. The first-order valence-corrected chi connectivity index (χ1v) is 7.40. The minimum atomic E-state index is -0.321. The molecule has 1 saturated heterocycles. The molecule has 1 saturated carbocycles. The summed E-state index contributed by atoms with van der Waals surface area (Å²) in [6.07, 6.45) is 7.50. The third kappa shape index (κ3) is 2.01. The zero-order valence-corrected chi connectivity index (χ0v) is 11.8. The molecule has 2 aromatic heterocycles. The molecule has 2 aliphatic rings. The molecule has 0 N–H and O–H groups in total. The summed E-state index contributed by atoms with van der Waals surface area (Å²) in [5.41, 5.74) is 1.05. The maximum atomic E-state index is 5.99. The summed E-state index contributed by atoms with van der Waals surface area (Å²) in [5.74, 6) is -0.321. The topological polar surface area (TPSA) is 49.2 Å². The van der Waals surface area contributed by atoms with Gasteiger partial charge in [0, 0.05) is 30.5 Å². The van der Waals surface area contributed by atoms with Gasteiger partial charge in [0.2, 0.25) is 0 Å². The number of ether oxygens (including phenoxy) is 2. The molecule has 5 nitrogen and oxygen atoms in total. The van der Waals surface area contributed by atoms with Gasteiger partial charge in [0.1, 0.15) is 5.15 Å². The van der Waals surface area contributed by atoms with Gasteiger partial charge < -0.3 is 9.47 Å². The molecule has 2 fully saturated rings. The normalized spacial score (nSPS) is 22.9. The Morgan fingerprint density at radius 1 is 1.20 bits per heavy atom. The fraction of sp³-hybridized carbons (Fsp3) is 0.571. The van der Waals surface area contributed by atoms with Crippen molar-refractivity contribution in [3.8, 4) is 0 Å². The van der Waals surface area contributed by atoms with E-state index in [1.807, 2.05) is 12.3 Å². The lowest BCUT2D eigenvalue weighted by Gasteiger charge is -2.35. The van der Waals surface area contributed by atoms with Gasteiger partial charge in [0.25, 0.3) is 0 Å². The van der Waals surface area contributed by atoms with Crippen molar-refractivity contribution in [3.05, 3.63) is 23.6 Å². The summed E-state index contributed by atoms with van der Waals surface area (Å²) < 4.78 is 13.6. The van der Waals surface area contributed by atoms with Crippen molar-refractivity contribution in [3.63, 3.8) is 0 Å². The molecular weight excluding hydrogens is 278 g/mol. The Kier molecular flexibility index (Phi) is 2.94. The van der Waals surface area contributed by atoms with Gasteiger partial charge in [-0.1, -0.05) is 11.6 Å². The van der Waals surface area contributed by atoms with Crippen LogP contribution in [0.4, 0.5) is 0 Å². The van der Waals surface area contributed by atoms with Crippen LogP contribution in [0.25, 0.3) is 10.9 Å². The molecule has 1 spiro atoms. The molecule has 1 aliphatic heterocycles. The lowest BCUT2D eigenvalue weighted by molar-refractivity contribution is -0.181. The van der Waals surface area contributed by atoms with Gasteiger partial charge in [0.05, 0.1) is 31.0 Å². The Labute approximate surface area is 121 Å². The van der Waals surface area contributed by atoms with Gasteiger partial charge in [-0.25, -0.2) is 4.98 Å². The molecule has 106 valence electrons. The fourth-order valence-electron chi connectivity index (χ4n) is 3.28. The Morgan fingerprint density at radius 2 is 1.95 bits per heavy atom. The molecule has 0 unspecified atom stereocenters. The largest absolute Gasteiger partial charge is 0.348 e. The molecule has 0 aromatic carbocycles. The van der Waals surface area contributed by atoms with E-state index >= 15 is 0 Å². The summed E-state index contributed by atoms with van der Waals surface area (Å²) in [5, 5.41) is 6.05. The van der Waals surface area contributed by atoms with E-state index in [0.29, 0.717) is 11.2 Å². The van der Waals surface area contributed by atoms with Crippen molar-refractivity contribution in [2.45, 2.75) is 37.5 Å². The zero-order chi connectivity index (χ0) is 13.6. The summed E-state index contributed by atoms with van der Waals surface area (Å²) in [6.45, 7) is 1.44. The van der Waals surface area contributed by atoms with Crippen molar-refractivity contribution in [1.29, 1.82) is 0 Å². The minimum Gasteiger partial charge on any atom is -0.348 e. The summed E-state index contributed by atoms with van der Waals surface area (Å²) >= 11 is 5.99. The molecule has 20 heavy (non-hydrogen) atoms. The second-order valence-corrected chi connectivity index (χ2v) is 5.88. The predicted molar refractivity (Wildman–Crippen MR) is 74.7 cm³/mol. The van der Waals surface area contributed by atoms with E-state index in [2.05, 4.69) is 14.8 Å². The SMILES string of the molecule is Clc1cc2c(cn1)cnn2C1CCC2(CC1)OCCO2. The molecule has 4 rings (SSSR count). The second-order valence-electron chi connectivity index (χ2n) is 5.49. The number of hydrogen-bond donors (Lipinski definition) is 0. The molecular formula is C14H16ClN3O2. The van der Waals surface area contributed by atoms with Crippen LogP contribution < -0.4 is 0 Å². The Hall–Kier alpha value is -1.17. The second kappa shape index (κ2) is 4.69. The third-order valence-corrected chi connectivity index (χ3v) is 4.53. The van der Waals surface area contributed by atoms with Crippen LogP contribution in [0.5, 0.6) is 0 Å². The van der Waals surface area contributed by atoms with Crippen LogP contribution in [0.2, 0.25) is 5.15 Å². The van der Waals surface area contributed by atoms with E-state index in [0.717, 1.165) is 49.8 Å². The Bertz CT molecular complexity index is 626. The van der Waals surface area contributed by atoms with E-state index in [9.17, 15) is 0 Å². The van der Waals surface area contributed by atoms with Crippen LogP contribution in [0.1, 0.15) is 31.7 Å². The van der Waals surface area contributed by atoms with Crippen molar-refractivity contribution < 1.29 is 9.47 Å². The van der Waals surface area contributed by atoms with Crippen LogP contribution >= 0.6 is 11.6 Å². The molecule has 0 bridgehead atoms. The quantitative estimate of drug-likeness (QED) is 0.759. The van der Waals surface area contributed by atoms with Gasteiger partial charge in [0.15, 0.2) is 5.79 Å². The molecule has 0 amide bonds. The number of rotatable bonds is 1. The van der Waals surface area contributed by atoms with Gasteiger partial charge in [-0.3, -0.25) is 4.68 Å². The van der Waals surface area contributed by atoms with Gasteiger partial charge in [-0.15, -0.1) is 0 Å². The molecule has 1 aliphatic carbocycles. The van der Waals surface area contributed by atoms with Crippen LogP contribution in [0.3, 0.4) is 0 Å². The lowest BCUT2D eigenvalue weighted by Crippen LogP contribution is -2.36. The van der Waals surface area contributed by atoms with E-state index in [1.54, 1.807) is 6.20 Å². The predicted octanol–water partition coefficient (Wildman–Crippen LogP) is 2.94. The van der Waals surface area contributed by atoms with Gasteiger partial charge >= 0.3 is 0 Å². The van der Waals surface area contributed by atoms with Crippen LogP contribution in [-0.4, -0.2) is 33.8 Å². The van der Waals surface area contributed by atoms with Crippen LogP contribution in [-0.2, 0) is 9.47 Å². The minimum absolute atomic E-state index is 0.321. The summed E-state index contributed by atoms with van der Waals surface area (Å²) in [7, 11) is 0. The first kappa shape index (κ1) is 12.6. The first-order valence-electron chi connectivity index (χ1n) is 7.02. The molecule has 0 atom stereocenters. The summed E-state index contributed by atoms with van der Waals surface area (Å²) in [6, 6.07) is 2.26. The van der Waals surface area contributed by atoms with Crippen molar-refractivity contribution >= 4 is 22.5 Å². The highest BCUT2D eigenvalue weighted by molar-refractivity contribution is 6.29. The third-order valence-electron chi connectivity index (χ3n) is 4.32. The highest BCUT2D eigenvalue weighted by Gasteiger charge is 2.41. The van der Waals surface area contributed by atoms with Gasteiger partial charge in [-0.2, -0.15) is 5.10 Å². The first-order chi connectivity index (χ1) is 9.76. The van der Waals surface area contributed by atoms with Crippen molar-refractivity contribution in [1.82, 2.24) is 14.8 Å². The summed E-state index contributed by atoms with van der Waals surface area (Å²) in [4.78, 5) is 4.10. The maximum Gasteiger partial charge on any atom is 0.168 e. The van der Waals surface area contributed by atoms with Gasteiger partial charge in [-0.05, 0) is 12.8 Å². The van der Waals surface area contributed by atoms with E-state index in [1.165, 1.54) is 0 Å². The van der Waals surface area contributed by atoms with Crippen molar-refractivity contribution in [2.24, 2.45) is 0 Å². The van der Waals surface area contributed by atoms with Crippen LogP contribution in [0.15, 0.2) is 18.5 Å². The number of halogens is 1. The molecule has 2 aromatic rings. The molecule has 6 heteroatoms. The average Bonchev–Trinajstić information content (AvgIpc) is 3.07. The van der Waals surface area contributed by atoms with E-state index in [4.69, 9.17) is 21.1 Å². The number of pyridine rings is 1. The highest BCUT2D eigenvalue weighted by Crippen LogP contribution is 2.40. The smallest absolute Gasteiger partial charge is 0.168 e. The Balaban J connectivity index is 1.60.